The Morgan fingerprint density at radius 3 is 2.75 bits per heavy atom. The number of ether oxygens (including phenoxy) is 1. The van der Waals surface area contributed by atoms with Crippen molar-refractivity contribution < 1.29 is 14.1 Å². The summed E-state index contributed by atoms with van der Waals surface area (Å²) in [7, 11) is 0. The SMILES string of the molecule is CCSCc1ccnc(NC(=O)c2ccc(OCc3noc(CC)n3)cc2)c1. The predicted molar refractivity (Wildman–Crippen MR) is 108 cm³/mol. The van der Waals surface area contributed by atoms with Crippen molar-refractivity contribution >= 4 is 23.5 Å². The fraction of sp³-hybridized carbons (Fsp3) is 0.300. The normalized spacial score (nSPS) is 10.6. The number of aromatic nitrogens is 3. The first-order chi connectivity index (χ1) is 13.7. The number of benzene rings is 1. The van der Waals surface area contributed by atoms with Gasteiger partial charge in [-0.05, 0) is 47.7 Å². The molecule has 0 fully saturated rings. The van der Waals surface area contributed by atoms with Crippen LogP contribution in [0, 0.1) is 0 Å². The molecule has 0 saturated heterocycles. The summed E-state index contributed by atoms with van der Waals surface area (Å²) < 4.78 is 10.7. The van der Waals surface area contributed by atoms with E-state index in [0.717, 1.165) is 17.1 Å². The maximum absolute atomic E-state index is 12.4. The molecule has 2 aromatic heterocycles. The number of anilines is 1. The lowest BCUT2D eigenvalue weighted by Crippen LogP contribution is -2.13. The molecule has 0 atom stereocenters. The first kappa shape index (κ1) is 19.9. The molecule has 8 heteroatoms. The maximum Gasteiger partial charge on any atom is 0.256 e. The monoisotopic (exact) mass is 398 g/mol. The maximum atomic E-state index is 12.4. The fourth-order valence-corrected chi connectivity index (χ4v) is 3.00. The number of hydrogen-bond donors (Lipinski definition) is 1. The summed E-state index contributed by atoms with van der Waals surface area (Å²) in [5.41, 5.74) is 1.66. The lowest BCUT2D eigenvalue weighted by molar-refractivity contribution is 0.102. The van der Waals surface area contributed by atoms with E-state index in [4.69, 9.17) is 9.26 Å². The van der Waals surface area contributed by atoms with E-state index >= 15 is 0 Å². The molecule has 3 rings (SSSR count). The number of carbonyl (C=O) groups is 1. The van der Waals surface area contributed by atoms with Crippen LogP contribution >= 0.6 is 11.8 Å². The van der Waals surface area contributed by atoms with E-state index in [1.165, 1.54) is 0 Å². The lowest BCUT2D eigenvalue weighted by Gasteiger charge is -2.08. The number of nitrogens with one attached hydrogen (secondary N) is 1. The quantitative estimate of drug-likeness (QED) is 0.580. The van der Waals surface area contributed by atoms with Gasteiger partial charge in [0.25, 0.3) is 5.91 Å². The molecule has 1 amide bonds. The van der Waals surface area contributed by atoms with E-state index in [9.17, 15) is 4.79 Å². The smallest absolute Gasteiger partial charge is 0.256 e. The van der Waals surface area contributed by atoms with Crippen LogP contribution in [0.25, 0.3) is 0 Å². The lowest BCUT2D eigenvalue weighted by atomic mass is 10.2. The molecule has 2 heterocycles. The number of thioether (sulfide) groups is 1. The van der Waals surface area contributed by atoms with Crippen LogP contribution < -0.4 is 10.1 Å². The molecule has 1 aromatic carbocycles. The summed E-state index contributed by atoms with van der Waals surface area (Å²) in [6, 6.07) is 10.7. The number of carbonyl (C=O) groups excluding carboxylic acids is 1. The van der Waals surface area contributed by atoms with E-state index in [1.54, 1.807) is 30.5 Å². The summed E-state index contributed by atoms with van der Waals surface area (Å²) in [4.78, 5) is 20.8. The highest BCUT2D eigenvalue weighted by Gasteiger charge is 2.09. The summed E-state index contributed by atoms with van der Waals surface area (Å²) in [6.45, 7) is 4.27. The molecule has 28 heavy (non-hydrogen) atoms. The van der Waals surface area contributed by atoms with Gasteiger partial charge in [0.15, 0.2) is 6.61 Å². The standard InChI is InChI=1S/C20H22N4O3S/c1-3-19-22-18(24-27-19)12-26-16-7-5-15(6-8-16)20(25)23-17-11-14(9-10-21-17)13-28-4-2/h5-11H,3-4,12-13H2,1-2H3,(H,21,23,25). The molecule has 0 bridgehead atoms. The fourth-order valence-electron chi connectivity index (χ4n) is 2.38. The van der Waals surface area contributed by atoms with Crippen LogP contribution in [0.2, 0.25) is 0 Å². The van der Waals surface area contributed by atoms with Crippen molar-refractivity contribution in [2.75, 3.05) is 11.1 Å². The van der Waals surface area contributed by atoms with Crippen molar-refractivity contribution in [3.63, 3.8) is 0 Å². The average Bonchev–Trinajstić information content (AvgIpc) is 3.19. The van der Waals surface area contributed by atoms with Gasteiger partial charge in [-0.25, -0.2) is 4.98 Å². The first-order valence-corrected chi connectivity index (χ1v) is 10.2. The van der Waals surface area contributed by atoms with Crippen molar-refractivity contribution in [2.24, 2.45) is 0 Å². The second kappa shape index (κ2) is 9.89. The first-order valence-electron chi connectivity index (χ1n) is 9.06. The number of nitrogens with zero attached hydrogens (tertiary/aromatic N) is 3. The third kappa shape index (κ3) is 5.56. The zero-order valence-corrected chi connectivity index (χ0v) is 16.7. The minimum Gasteiger partial charge on any atom is -0.485 e. The number of pyridine rings is 1. The summed E-state index contributed by atoms with van der Waals surface area (Å²) in [5, 5.41) is 6.67. The van der Waals surface area contributed by atoms with Crippen LogP contribution in [0.3, 0.4) is 0 Å². The van der Waals surface area contributed by atoms with Crippen molar-refractivity contribution in [1.29, 1.82) is 0 Å². The molecule has 7 nitrogen and oxygen atoms in total. The van der Waals surface area contributed by atoms with Gasteiger partial charge in [0.05, 0.1) is 0 Å². The van der Waals surface area contributed by atoms with Crippen molar-refractivity contribution in [3.05, 3.63) is 65.4 Å². The summed E-state index contributed by atoms with van der Waals surface area (Å²) >= 11 is 1.82. The molecule has 146 valence electrons. The minimum absolute atomic E-state index is 0.210. The number of amides is 1. The Balaban J connectivity index is 1.56. The molecular formula is C20H22N4O3S. The highest BCUT2D eigenvalue weighted by Crippen LogP contribution is 2.17. The summed E-state index contributed by atoms with van der Waals surface area (Å²) in [5.74, 6) is 3.96. The summed E-state index contributed by atoms with van der Waals surface area (Å²) in [6.07, 6.45) is 2.39. The van der Waals surface area contributed by atoms with Gasteiger partial charge in [-0.1, -0.05) is 19.0 Å². The van der Waals surface area contributed by atoms with Crippen LogP contribution in [-0.2, 0) is 18.8 Å². The topological polar surface area (TPSA) is 90.1 Å². The van der Waals surface area contributed by atoms with Gasteiger partial charge in [-0.3, -0.25) is 4.79 Å². The van der Waals surface area contributed by atoms with Crippen LogP contribution in [0.4, 0.5) is 5.82 Å². The van der Waals surface area contributed by atoms with E-state index in [1.807, 2.05) is 30.8 Å². The van der Waals surface area contributed by atoms with Gasteiger partial charge in [0, 0.05) is 23.9 Å². The third-order valence-corrected chi connectivity index (χ3v) is 4.78. The highest BCUT2D eigenvalue weighted by atomic mass is 32.2. The van der Waals surface area contributed by atoms with Gasteiger partial charge in [0.2, 0.25) is 11.7 Å². The third-order valence-electron chi connectivity index (χ3n) is 3.84. The van der Waals surface area contributed by atoms with Crippen LogP contribution in [0.1, 0.15) is 41.5 Å². The van der Waals surface area contributed by atoms with Crippen LogP contribution in [-0.4, -0.2) is 26.8 Å². The Hall–Kier alpha value is -2.87. The Morgan fingerprint density at radius 2 is 2.04 bits per heavy atom. The zero-order valence-electron chi connectivity index (χ0n) is 15.8. The molecule has 1 N–H and O–H groups in total. The number of aryl methyl sites for hydroxylation is 1. The molecule has 0 unspecified atom stereocenters. The minimum atomic E-state index is -0.217. The second-order valence-corrected chi connectivity index (χ2v) is 7.19. The molecule has 0 aliphatic rings. The van der Waals surface area contributed by atoms with Gasteiger partial charge in [-0.2, -0.15) is 16.7 Å². The van der Waals surface area contributed by atoms with Crippen LogP contribution in [0.15, 0.2) is 47.1 Å². The average molecular weight is 398 g/mol. The van der Waals surface area contributed by atoms with Gasteiger partial charge < -0.3 is 14.6 Å². The molecule has 0 aliphatic heterocycles. The molecule has 0 spiro atoms. The Labute approximate surface area is 167 Å². The van der Waals surface area contributed by atoms with E-state index in [0.29, 0.717) is 35.3 Å². The van der Waals surface area contributed by atoms with Crippen molar-refractivity contribution in [2.45, 2.75) is 32.6 Å². The Kier molecular flexibility index (Phi) is 7.02. The molecule has 3 aromatic rings. The van der Waals surface area contributed by atoms with Crippen molar-refractivity contribution in [1.82, 2.24) is 15.1 Å². The number of rotatable bonds is 9. The van der Waals surface area contributed by atoms with Crippen molar-refractivity contribution in [3.8, 4) is 5.75 Å². The van der Waals surface area contributed by atoms with Crippen LogP contribution in [0.5, 0.6) is 5.75 Å². The van der Waals surface area contributed by atoms with E-state index in [-0.39, 0.29) is 12.5 Å². The number of hydrogen-bond acceptors (Lipinski definition) is 7. The Bertz CT molecular complexity index is 912. The van der Waals surface area contributed by atoms with Gasteiger partial charge in [-0.15, -0.1) is 0 Å². The Morgan fingerprint density at radius 1 is 1.21 bits per heavy atom. The van der Waals surface area contributed by atoms with Gasteiger partial charge in [0.1, 0.15) is 11.6 Å². The predicted octanol–water partition coefficient (Wildman–Crippen LogP) is 4.11. The molecule has 0 aliphatic carbocycles. The molecular weight excluding hydrogens is 376 g/mol. The van der Waals surface area contributed by atoms with E-state index in [2.05, 4.69) is 27.4 Å². The highest BCUT2D eigenvalue weighted by molar-refractivity contribution is 7.98. The second-order valence-electron chi connectivity index (χ2n) is 5.91. The molecule has 0 radical (unpaired) electrons. The zero-order chi connectivity index (χ0) is 19.8. The van der Waals surface area contributed by atoms with Gasteiger partial charge >= 0.3 is 0 Å². The van der Waals surface area contributed by atoms with E-state index < -0.39 is 0 Å². The largest absolute Gasteiger partial charge is 0.485 e. The molecule has 0 saturated carbocycles.